The molecule has 1 heterocycles. The molecular weight excluding hydrogens is 284 g/mol. The van der Waals surface area contributed by atoms with Gasteiger partial charge in [-0.15, -0.1) is 0 Å². The molecule has 1 aromatic heterocycles. The molecule has 21 heavy (non-hydrogen) atoms. The lowest BCUT2D eigenvalue weighted by Gasteiger charge is -2.16. The van der Waals surface area contributed by atoms with Crippen LogP contribution in [0, 0.1) is 17.8 Å². The zero-order valence-electron chi connectivity index (χ0n) is 12.6. The second kappa shape index (κ2) is 6.35. The molecular formula is C17H23ClN2O. The van der Waals surface area contributed by atoms with E-state index in [1.54, 1.807) is 6.07 Å². The molecule has 0 bridgehead atoms. The summed E-state index contributed by atoms with van der Waals surface area (Å²) in [5.41, 5.74) is 1.54. The third-order valence-corrected chi connectivity index (χ3v) is 4.76. The molecule has 2 saturated carbocycles. The maximum Gasteiger partial charge on any atom is 0.251 e. The van der Waals surface area contributed by atoms with Gasteiger partial charge in [-0.1, -0.05) is 24.9 Å². The normalized spacial score (nSPS) is 18.0. The van der Waals surface area contributed by atoms with Gasteiger partial charge in [-0.2, -0.15) is 0 Å². The van der Waals surface area contributed by atoms with Crippen LogP contribution in [0.3, 0.4) is 0 Å². The van der Waals surface area contributed by atoms with Gasteiger partial charge >= 0.3 is 0 Å². The predicted molar refractivity (Wildman–Crippen MR) is 84.5 cm³/mol. The van der Waals surface area contributed by atoms with Gasteiger partial charge in [-0.3, -0.25) is 4.79 Å². The van der Waals surface area contributed by atoms with E-state index in [4.69, 9.17) is 11.6 Å². The van der Waals surface area contributed by atoms with Gasteiger partial charge in [-0.25, -0.2) is 4.98 Å². The van der Waals surface area contributed by atoms with Crippen molar-refractivity contribution < 1.29 is 4.79 Å². The van der Waals surface area contributed by atoms with Crippen LogP contribution in [0.15, 0.2) is 12.1 Å². The number of hydrogen-bond donors (Lipinski definition) is 1. The standard InChI is InChI=1S/C17H23ClN2O/c1-2-3-14-8-13(9-16(18)20-14)17(21)19-10-15(11-4-5-11)12-6-7-12/h8-9,11-12,15H,2-7,10H2,1H3,(H,19,21). The summed E-state index contributed by atoms with van der Waals surface area (Å²) < 4.78 is 0. The molecule has 2 aliphatic carbocycles. The topological polar surface area (TPSA) is 42.0 Å². The number of carbonyl (C=O) groups is 1. The maximum atomic E-state index is 12.3. The van der Waals surface area contributed by atoms with Crippen LogP contribution in [0.4, 0.5) is 0 Å². The van der Waals surface area contributed by atoms with E-state index in [9.17, 15) is 4.79 Å². The van der Waals surface area contributed by atoms with Crippen molar-refractivity contribution in [1.82, 2.24) is 10.3 Å². The molecule has 2 aliphatic rings. The Balaban J connectivity index is 1.61. The van der Waals surface area contributed by atoms with Crippen LogP contribution in [-0.4, -0.2) is 17.4 Å². The Morgan fingerprint density at radius 3 is 2.57 bits per heavy atom. The van der Waals surface area contributed by atoms with Crippen molar-refractivity contribution in [2.45, 2.75) is 45.4 Å². The molecule has 0 aromatic carbocycles. The Morgan fingerprint density at radius 2 is 2.00 bits per heavy atom. The number of pyridine rings is 1. The molecule has 1 N–H and O–H groups in total. The smallest absolute Gasteiger partial charge is 0.251 e. The molecule has 0 unspecified atom stereocenters. The number of nitrogens with one attached hydrogen (secondary N) is 1. The predicted octanol–water partition coefficient (Wildman–Crippen LogP) is 3.85. The zero-order chi connectivity index (χ0) is 14.8. The summed E-state index contributed by atoms with van der Waals surface area (Å²) in [7, 11) is 0. The fourth-order valence-electron chi connectivity index (χ4n) is 3.15. The lowest BCUT2D eigenvalue weighted by molar-refractivity contribution is 0.0943. The van der Waals surface area contributed by atoms with Crippen LogP contribution in [0.25, 0.3) is 0 Å². The van der Waals surface area contributed by atoms with Crippen molar-refractivity contribution in [3.8, 4) is 0 Å². The lowest BCUT2D eigenvalue weighted by atomic mass is 9.98. The van der Waals surface area contributed by atoms with Gasteiger partial charge in [0.1, 0.15) is 5.15 Å². The van der Waals surface area contributed by atoms with E-state index in [-0.39, 0.29) is 5.91 Å². The first-order valence-corrected chi connectivity index (χ1v) is 8.50. The van der Waals surface area contributed by atoms with Crippen LogP contribution >= 0.6 is 11.6 Å². The average molecular weight is 307 g/mol. The second-order valence-electron chi connectivity index (χ2n) is 6.47. The van der Waals surface area contributed by atoms with Gasteiger partial charge in [0, 0.05) is 17.8 Å². The Bertz CT molecular complexity index is 512. The van der Waals surface area contributed by atoms with Crippen LogP contribution in [0.2, 0.25) is 5.15 Å². The highest BCUT2D eigenvalue weighted by Crippen LogP contribution is 2.48. The quantitative estimate of drug-likeness (QED) is 0.777. The Labute approximate surface area is 131 Å². The summed E-state index contributed by atoms with van der Waals surface area (Å²) >= 11 is 6.02. The number of aryl methyl sites for hydroxylation is 1. The van der Waals surface area contributed by atoms with Crippen molar-refractivity contribution in [3.05, 3.63) is 28.5 Å². The molecule has 0 spiro atoms. The molecule has 4 heteroatoms. The van der Waals surface area contributed by atoms with Gasteiger partial charge in [0.05, 0.1) is 0 Å². The van der Waals surface area contributed by atoms with E-state index in [0.29, 0.717) is 16.6 Å². The molecule has 3 nitrogen and oxygen atoms in total. The summed E-state index contributed by atoms with van der Waals surface area (Å²) in [6, 6.07) is 3.53. The first-order chi connectivity index (χ1) is 10.2. The summed E-state index contributed by atoms with van der Waals surface area (Å²) in [6.07, 6.45) is 7.24. The summed E-state index contributed by atoms with van der Waals surface area (Å²) in [4.78, 5) is 16.6. The number of hydrogen-bond acceptors (Lipinski definition) is 2. The van der Waals surface area contributed by atoms with Crippen LogP contribution in [-0.2, 0) is 6.42 Å². The first-order valence-electron chi connectivity index (χ1n) is 8.12. The van der Waals surface area contributed by atoms with E-state index in [0.717, 1.165) is 36.9 Å². The van der Waals surface area contributed by atoms with Crippen molar-refractivity contribution in [2.24, 2.45) is 17.8 Å². The lowest BCUT2D eigenvalue weighted by Crippen LogP contribution is -2.31. The van der Waals surface area contributed by atoms with Crippen molar-refractivity contribution in [3.63, 3.8) is 0 Å². The van der Waals surface area contributed by atoms with Crippen molar-refractivity contribution in [1.29, 1.82) is 0 Å². The number of rotatable bonds is 7. The molecule has 0 saturated heterocycles. The number of aromatic nitrogens is 1. The minimum Gasteiger partial charge on any atom is -0.352 e. The highest BCUT2D eigenvalue weighted by molar-refractivity contribution is 6.29. The third kappa shape index (κ3) is 3.97. The molecule has 0 atom stereocenters. The van der Waals surface area contributed by atoms with Crippen LogP contribution < -0.4 is 5.32 Å². The van der Waals surface area contributed by atoms with E-state index >= 15 is 0 Å². The molecule has 2 fully saturated rings. The Morgan fingerprint density at radius 1 is 1.33 bits per heavy atom. The van der Waals surface area contributed by atoms with E-state index in [1.807, 2.05) is 6.07 Å². The van der Waals surface area contributed by atoms with E-state index in [2.05, 4.69) is 17.2 Å². The molecule has 0 aliphatic heterocycles. The highest BCUT2D eigenvalue weighted by Gasteiger charge is 2.41. The van der Waals surface area contributed by atoms with Gasteiger partial charge in [0.2, 0.25) is 0 Å². The van der Waals surface area contributed by atoms with E-state index < -0.39 is 0 Å². The van der Waals surface area contributed by atoms with E-state index in [1.165, 1.54) is 25.7 Å². The maximum absolute atomic E-state index is 12.3. The van der Waals surface area contributed by atoms with Crippen molar-refractivity contribution in [2.75, 3.05) is 6.54 Å². The largest absolute Gasteiger partial charge is 0.352 e. The first kappa shape index (κ1) is 14.8. The number of halogens is 1. The molecule has 1 aromatic rings. The molecule has 3 rings (SSSR count). The van der Waals surface area contributed by atoms with Crippen molar-refractivity contribution >= 4 is 17.5 Å². The van der Waals surface area contributed by atoms with Gasteiger partial charge in [-0.05, 0) is 62.0 Å². The summed E-state index contributed by atoms with van der Waals surface area (Å²) in [5, 5.41) is 3.52. The van der Waals surface area contributed by atoms with Gasteiger partial charge in [0.25, 0.3) is 5.91 Å². The molecule has 1 amide bonds. The number of carbonyl (C=O) groups excluding carboxylic acids is 1. The molecule has 0 radical (unpaired) electrons. The highest BCUT2D eigenvalue weighted by atomic mass is 35.5. The Kier molecular flexibility index (Phi) is 4.48. The third-order valence-electron chi connectivity index (χ3n) is 4.57. The zero-order valence-corrected chi connectivity index (χ0v) is 13.3. The minimum atomic E-state index is -0.0112. The van der Waals surface area contributed by atoms with Crippen LogP contribution in [0.5, 0.6) is 0 Å². The number of amides is 1. The Hall–Kier alpha value is -1.09. The van der Waals surface area contributed by atoms with Gasteiger partial charge in [0.15, 0.2) is 0 Å². The fourth-order valence-corrected chi connectivity index (χ4v) is 3.37. The second-order valence-corrected chi connectivity index (χ2v) is 6.86. The minimum absolute atomic E-state index is 0.0112. The summed E-state index contributed by atoms with van der Waals surface area (Å²) in [6.45, 7) is 2.91. The fraction of sp³-hybridized carbons (Fsp3) is 0.647. The average Bonchev–Trinajstić information content (AvgIpc) is 3.32. The monoisotopic (exact) mass is 306 g/mol. The summed E-state index contributed by atoms with van der Waals surface area (Å²) in [5.74, 6) is 2.40. The van der Waals surface area contributed by atoms with Gasteiger partial charge < -0.3 is 5.32 Å². The number of nitrogens with zero attached hydrogens (tertiary/aromatic N) is 1. The SMILES string of the molecule is CCCc1cc(C(=O)NCC(C2CC2)C2CC2)cc(Cl)n1. The van der Waals surface area contributed by atoms with Crippen LogP contribution in [0.1, 0.15) is 55.1 Å². The molecule has 114 valence electrons.